The monoisotopic (exact) mass is 265 g/mol. The van der Waals surface area contributed by atoms with Gasteiger partial charge in [0.15, 0.2) is 17.3 Å². The zero-order valence-corrected chi connectivity index (χ0v) is 12.2. The van der Waals surface area contributed by atoms with Crippen LogP contribution in [0.15, 0.2) is 18.2 Å². The lowest BCUT2D eigenvalue weighted by Gasteiger charge is -2.18. The molecule has 0 aliphatic rings. The van der Waals surface area contributed by atoms with E-state index < -0.39 is 5.54 Å². The van der Waals surface area contributed by atoms with E-state index in [1.54, 1.807) is 18.2 Å². The average molecular weight is 265 g/mol. The molecule has 0 bridgehead atoms. The summed E-state index contributed by atoms with van der Waals surface area (Å²) in [6.07, 6.45) is 0.298. The van der Waals surface area contributed by atoms with E-state index >= 15 is 0 Å². The molecule has 106 valence electrons. The molecule has 4 nitrogen and oxygen atoms in total. The third kappa shape index (κ3) is 4.91. The van der Waals surface area contributed by atoms with Gasteiger partial charge in [-0.3, -0.25) is 4.79 Å². The molecular formula is C15H23NO3. The van der Waals surface area contributed by atoms with E-state index in [9.17, 15) is 4.79 Å². The minimum Gasteiger partial charge on any atom is -0.490 e. The van der Waals surface area contributed by atoms with Crippen LogP contribution in [0, 0.1) is 0 Å². The highest BCUT2D eigenvalue weighted by molar-refractivity contribution is 5.97. The lowest BCUT2D eigenvalue weighted by atomic mass is 9.95. The Morgan fingerprint density at radius 2 is 1.74 bits per heavy atom. The normalized spacial score (nSPS) is 11.2. The molecule has 4 heteroatoms. The number of carbonyl (C=O) groups is 1. The number of Topliss-reactive ketones (excluding diaryl/α,β-unsaturated/α-hetero) is 1. The van der Waals surface area contributed by atoms with Crippen molar-refractivity contribution >= 4 is 5.78 Å². The molecule has 0 atom stereocenters. The fourth-order valence-corrected chi connectivity index (χ4v) is 1.74. The second-order valence-corrected chi connectivity index (χ2v) is 5.12. The highest BCUT2D eigenvalue weighted by atomic mass is 16.5. The number of ether oxygens (including phenoxy) is 2. The van der Waals surface area contributed by atoms with Gasteiger partial charge in [-0.25, -0.2) is 0 Å². The van der Waals surface area contributed by atoms with Crippen LogP contribution < -0.4 is 15.2 Å². The molecular weight excluding hydrogens is 242 g/mol. The Hall–Kier alpha value is -1.55. The second kappa shape index (κ2) is 6.57. The van der Waals surface area contributed by atoms with E-state index in [-0.39, 0.29) is 5.78 Å². The largest absolute Gasteiger partial charge is 0.490 e. The first-order valence-corrected chi connectivity index (χ1v) is 6.59. The number of rotatable bonds is 7. The van der Waals surface area contributed by atoms with Crippen molar-refractivity contribution in [3.8, 4) is 11.5 Å². The Balaban J connectivity index is 2.97. The van der Waals surface area contributed by atoms with E-state index in [1.165, 1.54) is 0 Å². The predicted octanol–water partition coefficient (Wildman–Crippen LogP) is 2.79. The third-order valence-corrected chi connectivity index (χ3v) is 2.48. The van der Waals surface area contributed by atoms with Gasteiger partial charge in [0, 0.05) is 17.5 Å². The smallest absolute Gasteiger partial charge is 0.164 e. The summed E-state index contributed by atoms with van der Waals surface area (Å²) in [5.41, 5.74) is 5.96. The molecule has 0 spiro atoms. The van der Waals surface area contributed by atoms with E-state index in [1.807, 2.05) is 27.7 Å². The minimum absolute atomic E-state index is 0.0106. The number of benzene rings is 1. The SMILES string of the molecule is CCOc1ccc(C(=O)CC(C)(C)N)cc1OCC. The van der Waals surface area contributed by atoms with Gasteiger partial charge in [-0.15, -0.1) is 0 Å². The first-order chi connectivity index (χ1) is 8.87. The summed E-state index contributed by atoms with van der Waals surface area (Å²) in [5, 5.41) is 0. The summed E-state index contributed by atoms with van der Waals surface area (Å²) in [6.45, 7) is 8.56. The number of carbonyl (C=O) groups excluding carboxylic acids is 1. The molecule has 19 heavy (non-hydrogen) atoms. The van der Waals surface area contributed by atoms with Crippen molar-refractivity contribution in [2.24, 2.45) is 5.73 Å². The molecule has 0 unspecified atom stereocenters. The number of ketones is 1. The van der Waals surface area contributed by atoms with Crippen LogP contribution in [-0.2, 0) is 0 Å². The lowest BCUT2D eigenvalue weighted by molar-refractivity contribution is 0.0960. The fraction of sp³-hybridized carbons (Fsp3) is 0.533. The summed E-state index contributed by atoms with van der Waals surface area (Å²) < 4.78 is 11.0. The predicted molar refractivity (Wildman–Crippen MR) is 76.0 cm³/mol. The summed E-state index contributed by atoms with van der Waals surface area (Å²) in [4.78, 5) is 12.1. The molecule has 1 aromatic carbocycles. The standard InChI is InChI=1S/C15H23NO3/c1-5-18-13-8-7-11(9-14(13)19-6-2)12(17)10-15(3,4)16/h7-9H,5-6,10,16H2,1-4H3. The van der Waals surface area contributed by atoms with Gasteiger partial charge in [-0.2, -0.15) is 0 Å². The van der Waals surface area contributed by atoms with Crippen molar-refractivity contribution in [1.29, 1.82) is 0 Å². The van der Waals surface area contributed by atoms with Crippen LogP contribution in [0.2, 0.25) is 0 Å². The number of hydrogen-bond acceptors (Lipinski definition) is 4. The molecule has 0 saturated carbocycles. The van der Waals surface area contributed by atoms with Crippen molar-refractivity contribution in [2.45, 2.75) is 39.7 Å². The zero-order valence-electron chi connectivity index (χ0n) is 12.2. The van der Waals surface area contributed by atoms with Gasteiger partial charge in [0.05, 0.1) is 13.2 Å². The Kier molecular flexibility index (Phi) is 5.36. The van der Waals surface area contributed by atoms with Crippen molar-refractivity contribution < 1.29 is 14.3 Å². The van der Waals surface area contributed by atoms with Crippen LogP contribution >= 0.6 is 0 Å². The second-order valence-electron chi connectivity index (χ2n) is 5.12. The van der Waals surface area contributed by atoms with E-state index in [0.29, 0.717) is 36.7 Å². The van der Waals surface area contributed by atoms with Crippen LogP contribution in [0.25, 0.3) is 0 Å². The maximum absolute atomic E-state index is 12.1. The highest BCUT2D eigenvalue weighted by Crippen LogP contribution is 2.29. The molecule has 0 aliphatic carbocycles. The van der Waals surface area contributed by atoms with E-state index in [4.69, 9.17) is 15.2 Å². The highest BCUT2D eigenvalue weighted by Gasteiger charge is 2.19. The van der Waals surface area contributed by atoms with E-state index in [0.717, 1.165) is 0 Å². The Morgan fingerprint density at radius 1 is 1.16 bits per heavy atom. The van der Waals surface area contributed by atoms with Crippen LogP contribution in [-0.4, -0.2) is 24.5 Å². The summed E-state index contributed by atoms with van der Waals surface area (Å²) in [5.74, 6) is 1.27. The fourth-order valence-electron chi connectivity index (χ4n) is 1.74. The van der Waals surface area contributed by atoms with Gasteiger partial charge in [0.25, 0.3) is 0 Å². The molecule has 0 aromatic heterocycles. The van der Waals surface area contributed by atoms with Crippen molar-refractivity contribution in [1.82, 2.24) is 0 Å². The molecule has 2 N–H and O–H groups in total. The topological polar surface area (TPSA) is 61.5 Å². The van der Waals surface area contributed by atoms with Crippen molar-refractivity contribution in [2.75, 3.05) is 13.2 Å². The summed E-state index contributed by atoms with van der Waals surface area (Å²) >= 11 is 0. The maximum Gasteiger partial charge on any atom is 0.164 e. The van der Waals surface area contributed by atoms with Crippen LogP contribution in [0.4, 0.5) is 0 Å². The van der Waals surface area contributed by atoms with Gasteiger partial charge >= 0.3 is 0 Å². The van der Waals surface area contributed by atoms with Crippen LogP contribution in [0.5, 0.6) is 11.5 Å². The maximum atomic E-state index is 12.1. The number of hydrogen-bond donors (Lipinski definition) is 1. The molecule has 0 radical (unpaired) electrons. The molecule has 1 aromatic rings. The molecule has 0 heterocycles. The summed E-state index contributed by atoms with van der Waals surface area (Å²) in [7, 11) is 0. The van der Waals surface area contributed by atoms with E-state index in [2.05, 4.69) is 0 Å². The Bertz CT molecular complexity index is 436. The first kappa shape index (κ1) is 15.5. The van der Waals surface area contributed by atoms with Crippen LogP contribution in [0.3, 0.4) is 0 Å². The average Bonchev–Trinajstić information content (AvgIpc) is 2.29. The molecule has 0 amide bonds. The quantitative estimate of drug-likeness (QED) is 0.770. The van der Waals surface area contributed by atoms with Crippen LogP contribution in [0.1, 0.15) is 44.5 Å². The zero-order chi connectivity index (χ0) is 14.5. The van der Waals surface area contributed by atoms with Gasteiger partial charge in [-0.05, 0) is 45.9 Å². The molecule has 0 fully saturated rings. The van der Waals surface area contributed by atoms with Gasteiger partial charge < -0.3 is 15.2 Å². The molecule has 0 saturated heterocycles. The third-order valence-electron chi connectivity index (χ3n) is 2.48. The van der Waals surface area contributed by atoms with Gasteiger partial charge in [-0.1, -0.05) is 0 Å². The number of nitrogens with two attached hydrogens (primary N) is 1. The lowest BCUT2D eigenvalue weighted by Crippen LogP contribution is -2.34. The van der Waals surface area contributed by atoms with Gasteiger partial charge in [0.2, 0.25) is 0 Å². The molecule has 0 aliphatic heterocycles. The first-order valence-electron chi connectivity index (χ1n) is 6.59. The Morgan fingerprint density at radius 3 is 2.26 bits per heavy atom. The Labute approximate surface area is 114 Å². The van der Waals surface area contributed by atoms with Crippen molar-refractivity contribution in [3.05, 3.63) is 23.8 Å². The van der Waals surface area contributed by atoms with Crippen molar-refractivity contribution in [3.63, 3.8) is 0 Å². The summed E-state index contributed by atoms with van der Waals surface area (Å²) in [6, 6.07) is 5.25. The molecule has 1 rings (SSSR count). The van der Waals surface area contributed by atoms with Gasteiger partial charge in [0.1, 0.15) is 0 Å². The minimum atomic E-state index is -0.512.